The number of hydrogen-bond acceptors (Lipinski definition) is 2. The van der Waals surface area contributed by atoms with Crippen LogP contribution in [0.2, 0.25) is 0 Å². The molecule has 1 atom stereocenters. The lowest BCUT2D eigenvalue weighted by atomic mass is 10.1. The zero-order valence-electron chi connectivity index (χ0n) is 9.63. The van der Waals surface area contributed by atoms with E-state index in [9.17, 15) is 0 Å². The van der Waals surface area contributed by atoms with Crippen molar-refractivity contribution in [2.75, 3.05) is 5.32 Å². The molecule has 0 saturated heterocycles. The first-order valence-electron chi connectivity index (χ1n) is 5.34. The summed E-state index contributed by atoms with van der Waals surface area (Å²) in [6.07, 6.45) is 0. The highest BCUT2D eigenvalue weighted by Crippen LogP contribution is 2.26. The number of nitrogens with one attached hydrogen (secondary N) is 1. The van der Waals surface area contributed by atoms with Gasteiger partial charge >= 0.3 is 0 Å². The molecule has 0 aliphatic heterocycles. The molecular weight excluding hydrogens is 346 g/mol. The van der Waals surface area contributed by atoms with E-state index in [2.05, 4.69) is 63.2 Å². The Bertz CT molecular complexity index is 522. The largest absolute Gasteiger partial charge is 0.452 e. The SMILES string of the molecule is Cc1cc(Br)ccc1NC(C)c1ccc(Br)o1. The minimum atomic E-state index is 0.140. The van der Waals surface area contributed by atoms with Gasteiger partial charge in [0.25, 0.3) is 0 Å². The third-order valence-corrected chi connectivity index (χ3v) is 3.50. The highest BCUT2D eigenvalue weighted by atomic mass is 79.9. The Hall–Kier alpha value is -0.740. The normalized spacial score (nSPS) is 12.5. The van der Waals surface area contributed by atoms with Crippen LogP contribution < -0.4 is 5.32 Å². The molecule has 0 spiro atoms. The molecule has 0 bridgehead atoms. The summed E-state index contributed by atoms with van der Waals surface area (Å²) in [4.78, 5) is 0. The number of anilines is 1. The van der Waals surface area contributed by atoms with Crippen LogP contribution in [0.3, 0.4) is 0 Å². The Morgan fingerprint density at radius 1 is 1.18 bits per heavy atom. The average Bonchev–Trinajstić information content (AvgIpc) is 2.69. The molecule has 0 radical (unpaired) electrons. The van der Waals surface area contributed by atoms with Gasteiger partial charge in [0.2, 0.25) is 0 Å². The molecular formula is C13H13Br2NO. The number of halogens is 2. The van der Waals surface area contributed by atoms with E-state index < -0.39 is 0 Å². The molecule has 90 valence electrons. The monoisotopic (exact) mass is 357 g/mol. The van der Waals surface area contributed by atoms with Gasteiger partial charge in [0, 0.05) is 10.2 Å². The molecule has 0 aliphatic rings. The van der Waals surface area contributed by atoms with E-state index in [1.807, 2.05) is 18.2 Å². The first-order chi connectivity index (χ1) is 8.06. The maximum Gasteiger partial charge on any atom is 0.169 e. The average molecular weight is 359 g/mol. The molecule has 1 aromatic heterocycles. The second-order valence-electron chi connectivity index (χ2n) is 3.97. The van der Waals surface area contributed by atoms with Gasteiger partial charge in [-0.3, -0.25) is 0 Å². The summed E-state index contributed by atoms with van der Waals surface area (Å²) in [7, 11) is 0. The van der Waals surface area contributed by atoms with E-state index in [0.717, 1.165) is 20.6 Å². The van der Waals surface area contributed by atoms with Crippen molar-refractivity contribution in [1.29, 1.82) is 0 Å². The van der Waals surface area contributed by atoms with Crippen LogP contribution in [-0.4, -0.2) is 0 Å². The third kappa shape index (κ3) is 3.13. The highest BCUT2D eigenvalue weighted by Gasteiger charge is 2.10. The summed E-state index contributed by atoms with van der Waals surface area (Å²) >= 11 is 6.77. The summed E-state index contributed by atoms with van der Waals surface area (Å²) in [5.41, 5.74) is 2.32. The molecule has 1 N–H and O–H groups in total. The molecule has 2 nitrogen and oxygen atoms in total. The highest BCUT2D eigenvalue weighted by molar-refractivity contribution is 9.10. The molecule has 0 saturated carbocycles. The molecule has 0 aliphatic carbocycles. The Morgan fingerprint density at radius 2 is 1.94 bits per heavy atom. The maximum absolute atomic E-state index is 5.53. The minimum absolute atomic E-state index is 0.140. The predicted molar refractivity (Wildman–Crippen MR) is 77.3 cm³/mol. The number of furan rings is 1. The zero-order chi connectivity index (χ0) is 12.4. The van der Waals surface area contributed by atoms with Crippen molar-refractivity contribution in [1.82, 2.24) is 0 Å². The quantitative estimate of drug-likeness (QED) is 0.806. The number of rotatable bonds is 3. The van der Waals surface area contributed by atoms with E-state index >= 15 is 0 Å². The lowest BCUT2D eigenvalue weighted by Crippen LogP contribution is -2.06. The standard InChI is InChI=1S/C13H13Br2NO/c1-8-7-10(14)3-4-11(8)16-9(2)12-5-6-13(15)17-12/h3-7,9,16H,1-2H3. The Labute approximate surface area is 118 Å². The fourth-order valence-corrected chi connectivity index (χ4v) is 2.45. The van der Waals surface area contributed by atoms with Crippen LogP contribution in [0.25, 0.3) is 0 Å². The van der Waals surface area contributed by atoms with Gasteiger partial charge < -0.3 is 9.73 Å². The van der Waals surface area contributed by atoms with Crippen molar-refractivity contribution in [2.24, 2.45) is 0 Å². The third-order valence-electron chi connectivity index (χ3n) is 2.58. The summed E-state index contributed by atoms with van der Waals surface area (Å²) in [5.74, 6) is 0.916. The number of aryl methyl sites for hydroxylation is 1. The molecule has 2 rings (SSSR count). The molecule has 17 heavy (non-hydrogen) atoms. The smallest absolute Gasteiger partial charge is 0.169 e. The van der Waals surface area contributed by atoms with Crippen LogP contribution in [-0.2, 0) is 0 Å². The van der Waals surface area contributed by atoms with Crippen LogP contribution >= 0.6 is 31.9 Å². The second kappa shape index (κ2) is 5.27. The molecule has 1 unspecified atom stereocenters. The van der Waals surface area contributed by atoms with Crippen LogP contribution in [0.5, 0.6) is 0 Å². The van der Waals surface area contributed by atoms with Gasteiger partial charge in [0.1, 0.15) is 5.76 Å². The fourth-order valence-electron chi connectivity index (χ4n) is 1.65. The Balaban J connectivity index is 2.15. The topological polar surface area (TPSA) is 25.2 Å². The minimum Gasteiger partial charge on any atom is -0.452 e. The van der Waals surface area contributed by atoms with Gasteiger partial charge in [-0.05, 0) is 65.7 Å². The Morgan fingerprint density at radius 3 is 2.53 bits per heavy atom. The van der Waals surface area contributed by atoms with Crippen molar-refractivity contribution in [3.8, 4) is 0 Å². The zero-order valence-corrected chi connectivity index (χ0v) is 12.8. The lowest BCUT2D eigenvalue weighted by Gasteiger charge is -2.15. The summed E-state index contributed by atoms with van der Waals surface area (Å²) < 4.78 is 7.38. The number of benzene rings is 1. The maximum atomic E-state index is 5.53. The molecule has 4 heteroatoms. The molecule has 0 amide bonds. The van der Waals surface area contributed by atoms with Crippen LogP contribution in [0.4, 0.5) is 5.69 Å². The summed E-state index contributed by atoms with van der Waals surface area (Å²) in [6, 6.07) is 10.2. The van der Waals surface area contributed by atoms with Gasteiger partial charge in [0.05, 0.1) is 6.04 Å². The van der Waals surface area contributed by atoms with Crippen LogP contribution in [0, 0.1) is 6.92 Å². The van der Waals surface area contributed by atoms with Crippen LogP contribution in [0.15, 0.2) is 43.9 Å². The van der Waals surface area contributed by atoms with Gasteiger partial charge in [-0.1, -0.05) is 15.9 Å². The predicted octanol–water partition coefficient (Wildman–Crippen LogP) is 5.29. The second-order valence-corrected chi connectivity index (χ2v) is 5.66. The van der Waals surface area contributed by atoms with Gasteiger partial charge in [0.15, 0.2) is 4.67 Å². The van der Waals surface area contributed by atoms with Gasteiger partial charge in [-0.25, -0.2) is 0 Å². The van der Waals surface area contributed by atoms with E-state index in [4.69, 9.17) is 4.42 Å². The molecule has 1 aromatic carbocycles. The van der Waals surface area contributed by atoms with E-state index in [1.54, 1.807) is 0 Å². The first-order valence-corrected chi connectivity index (χ1v) is 6.93. The molecule has 1 heterocycles. The van der Waals surface area contributed by atoms with Crippen molar-refractivity contribution in [3.05, 3.63) is 50.8 Å². The fraction of sp³-hybridized carbons (Fsp3) is 0.231. The molecule has 0 fully saturated rings. The van der Waals surface area contributed by atoms with Crippen molar-refractivity contribution < 1.29 is 4.42 Å². The van der Waals surface area contributed by atoms with Crippen LogP contribution in [0.1, 0.15) is 24.3 Å². The van der Waals surface area contributed by atoms with Crippen molar-refractivity contribution in [3.63, 3.8) is 0 Å². The van der Waals surface area contributed by atoms with Gasteiger partial charge in [-0.2, -0.15) is 0 Å². The summed E-state index contributed by atoms with van der Waals surface area (Å²) in [6.45, 7) is 4.16. The van der Waals surface area contributed by atoms with E-state index in [-0.39, 0.29) is 6.04 Å². The summed E-state index contributed by atoms with van der Waals surface area (Å²) in [5, 5.41) is 3.43. The number of hydrogen-bond donors (Lipinski definition) is 1. The lowest BCUT2D eigenvalue weighted by molar-refractivity contribution is 0.471. The van der Waals surface area contributed by atoms with Crippen molar-refractivity contribution in [2.45, 2.75) is 19.9 Å². The van der Waals surface area contributed by atoms with Gasteiger partial charge in [-0.15, -0.1) is 0 Å². The molecule has 2 aromatic rings. The van der Waals surface area contributed by atoms with Crippen molar-refractivity contribution >= 4 is 37.5 Å². The first kappa shape index (κ1) is 12.7. The Kier molecular flexibility index (Phi) is 3.94. The van der Waals surface area contributed by atoms with E-state index in [0.29, 0.717) is 0 Å². The van der Waals surface area contributed by atoms with E-state index in [1.165, 1.54) is 5.56 Å².